The van der Waals surface area contributed by atoms with Gasteiger partial charge in [-0.1, -0.05) is 6.07 Å². The number of hydrogen-bond acceptors (Lipinski definition) is 4. The molecule has 94 valence electrons. The molecule has 1 aromatic heterocycles. The summed E-state index contributed by atoms with van der Waals surface area (Å²) in [5.74, 6) is 1.36. The molecule has 0 unspecified atom stereocenters. The van der Waals surface area contributed by atoms with Crippen LogP contribution in [0.5, 0.6) is 11.5 Å². The minimum atomic E-state index is 0.110. The van der Waals surface area contributed by atoms with Gasteiger partial charge >= 0.3 is 0 Å². The van der Waals surface area contributed by atoms with Crippen molar-refractivity contribution in [2.24, 2.45) is 0 Å². The average Bonchev–Trinajstić information content (AvgIpc) is 2.41. The summed E-state index contributed by atoms with van der Waals surface area (Å²) < 4.78 is 5.71. The molecule has 18 heavy (non-hydrogen) atoms. The fourth-order valence-electron chi connectivity index (χ4n) is 1.54. The number of pyridine rings is 1. The van der Waals surface area contributed by atoms with E-state index in [1.54, 1.807) is 12.3 Å². The molecule has 0 fully saturated rings. The molecule has 0 atom stereocenters. The maximum absolute atomic E-state index is 9.70. The summed E-state index contributed by atoms with van der Waals surface area (Å²) in [7, 11) is 1.53. The average molecular weight is 309 g/mol. The molecule has 0 saturated heterocycles. The van der Waals surface area contributed by atoms with Crippen LogP contribution in [0.4, 0.5) is 5.82 Å². The van der Waals surface area contributed by atoms with Gasteiger partial charge in [0, 0.05) is 12.7 Å². The minimum Gasteiger partial charge on any atom is -0.503 e. The number of phenolic OH excluding ortho intramolecular Hbond substituents is 1. The number of rotatable bonds is 4. The van der Waals surface area contributed by atoms with E-state index < -0.39 is 0 Å². The summed E-state index contributed by atoms with van der Waals surface area (Å²) in [4.78, 5) is 4.17. The van der Waals surface area contributed by atoms with Gasteiger partial charge in [-0.25, -0.2) is 4.98 Å². The normalized spacial score (nSPS) is 10.1. The van der Waals surface area contributed by atoms with Crippen LogP contribution in [0.1, 0.15) is 5.56 Å². The first-order chi connectivity index (χ1) is 8.70. The largest absolute Gasteiger partial charge is 0.503 e. The lowest BCUT2D eigenvalue weighted by molar-refractivity contribution is 0.371. The third-order valence-electron chi connectivity index (χ3n) is 2.45. The molecule has 0 radical (unpaired) electrons. The number of nitrogens with zero attached hydrogens (tertiary/aromatic N) is 1. The number of aromatic hydroxyl groups is 1. The van der Waals surface area contributed by atoms with E-state index in [1.807, 2.05) is 24.3 Å². The highest BCUT2D eigenvalue weighted by atomic mass is 79.9. The van der Waals surface area contributed by atoms with Crippen molar-refractivity contribution in [1.29, 1.82) is 0 Å². The Kier molecular flexibility index (Phi) is 4.04. The molecule has 4 nitrogen and oxygen atoms in total. The summed E-state index contributed by atoms with van der Waals surface area (Å²) in [5, 5.41) is 12.9. The molecule has 5 heteroatoms. The molecule has 2 aromatic rings. The van der Waals surface area contributed by atoms with Crippen LogP contribution in [0.15, 0.2) is 41.0 Å². The molecule has 0 aliphatic rings. The predicted molar refractivity (Wildman–Crippen MR) is 73.9 cm³/mol. The van der Waals surface area contributed by atoms with E-state index in [1.165, 1.54) is 7.11 Å². The van der Waals surface area contributed by atoms with E-state index in [0.717, 1.165) is 11.4 Å². The summed E-state index contributed by atoms with van der Waals surface area (Å²) >= 11 is 3.29. The van der Waals surface area contributed by atoms with Crippen LogP contribution in [0.3, 0.4) is 0 Å². The monoisotopic (exact) mass is 308 g/mol. The topological polar surface area (TPSA) is 54.4 Å². The summed E-state index contributed by atoms with van der Waals surface area (Å²) in [6.45, 7) is 0.603. The number of aromatic nitrogens is 1. The molecule has 0 spiro atoms. The lowest BCUT2D eigenvalue weighted by Crippen LogP contribution is -2.01. The number of benzene rings is 1. The Balaban J connectivity index is 2.13. The number of ether oxygens (including phenoxy) is 1. The number of anilines is 1. The van der Waals surface area contributed by atoms with Gasteiger partial charge in [0.05, 0.1) is 11.6 Å². The molecule has 2 N–H and O–H groups in total. The predicted octanol–water partition coefficient (Wildman–Crippen LogP) is 3.17. The van der Waals surface area contributed by atoms with Crippen molar-refractivity contribution in [2.45, 2.75) is 6.54 Å². The van der Waals surface area contributed by atoms with Crippen molar-refractivity contribution < 1.29 is 9.84 Å². The van der Waals surface area contributed by atoms with Crippen molar-refractivity contribution >= 4 is 21.7 Å². The second-order valence-electron chi connectivity index (χ2n) is 3.70. The van der Waals surface area contributed by atoms with Crippen LogP contribution >= 0.6 is 15.9 Å². The van der Waals surface area contributed by atoms with E-state index in [2.05, 4.69) is 26.2 Å². The van der Waals surface area contributed by atoms with E-state index in [0.29, 0.717) is 16.8 Å². The second-order valence-corrected chi connectivity index (χ2v) is 4.55. The Bertz CT molecular complexity index is 532. The summed E-state index contributed by atoms with van der Waals surface area (Å²) in [6.07, 6.45) is 1.73. The van der Waals surface area contributed by atoms with E-state index >= 15 is 0 Å². The first-order valence-corrected chi connectivity index (χ1v) is 6.20. The fourth-order valence-corrected chi connectivity index (χ4v) is 2.03. The molecule has 0 bridgehead atoms. The molecular weight excluding hydrogens is 296 g/mol. The van der Waals surface area contributed by atoms with Gasteiger partial charge in [0.2, 0.25) is 0 Å². The lowest BCUT2D eigenvalue weighted by atomic mass is 10.2. The zero-order valence-electron chi connectivity index (χ0n) is 9.85. The van der Waals surface area contributed by atoms with Gasteiger partial charge in [-0.05, 0) is 45.8 Å². The molecule has 2 rings (SSSR count). The smallest absolute Gasteiger partial charge is 0.172 e. The van der Waals surface area contributed by atoms with E-state index in [-0.39, 0.29) is 5.75 Å². The molecule has 0 saturated carbocycles. The van der Waals surface area contributed by atoms with Gasteiger partial charge in [0.25, 0.3) is 0 Å². The maximum atomic E-state index is 9.70. The van der Waals surface area contributed by atoms with Crippen LogP contribution in [-0.2, 0) is 6.54 Å². The zero-order chi connectivity index (χ0) is 13.0. The maximum Gasteiger partial charge on any atom is 0.172 e. The molecule has 0 amide bonds. The van der Waals surface area contributed by atoms with Crippen LogP contribution in [0.25, 0.3) is 0 Å². The summed E-state index contributed by atoms with van der Waals surface area (Å²) in [6, 6.07) is 9.31. The van der Waals surface area contributed by atoms with Gasteiger partial charge in [-0.3, -0.25) is 0 Å². The number of phenols is 1. The lowest BCUT2D eigenvalue weighted by Gasteiger charge is -2.10. The van der Waals surface area contributed by atoms with Crippen LogP contribution in [-0.4, -0.2) is 17.2 Å². The SMILES string of the molecule is COc1cc(CNc2ccccn2)cc(Br)c1O. The van der Waals surface area contributed by atoms with Crippen LogP contribution in [0, 0.1) is 0 Å². The van der Waals surface area contributed by atoms with Gasteiger partial charge in [0.15, 0.2) is 11.5 Å². The molecular formula is C13H13BrN2O2. The highest BCUT2D eigenvalue weighted by Gasteiger charge is 2.08. The fraction of sp³-hybridized carbons (Fsp3) is 0.154. The second kappa shape index (κ2) is 5.73. The minimum absolute atomic E-state index is 0.110. The Morgan fingerprint density at radius 1 is 1.39 bits per heavy atom. The number of halogens is 1. The zero-order valence-corrected chi connectivity index (χ0v) is 11.4. The first kappa shape index (κ1) is 12.7. The number of hydrogen-bond donors (Lipinski definition) is 2. The summed E-state index contributed by atoms with van der Waals surface area (Å²) in [5.41, 5.74) is 0.988. The highest BCUT2D eigenvalue weighted by Crippen LogP contribution is 2.35. The standard InChI is InChI=1S/C13H13BrN2O2/c1-18-11-7-9(6-10(14)13(11)17)8-16-12-4-2-3-5-15-12/h2-7,17H,8H2,1H3,(H,15,16). The van der Waals surface area contributed by atoms with E-state index in [9.17, 15) is 5.11 Å². The van der Waals surface area contributed by atoms with Gasteiger partial charge in [-0.15, -0.1) is 0 Å². The Morgan fingerprint density at radius 2 is 2.22 bits per heavy atom. The van der Waals surface area contributed by atoms with Crippen LogP contribution < -0.4 is 10.1 Å². The first-order valence-electron chi connectivity index (χ1n) is 5.41. The third kappa shape index (κ3) is 2.92. The number of nitrogens with one attached hydrogen (secondary N) is 1. The van der Waals surface area contributed by atoms with Crippen molar-refractivity contribution in [2.75, 3.05) is 12.4 Å². The van der Waals surface area contributed by atoms with Crippen molar-refractivity contribution in [3.8, 4) is 11.5 Å². The van der Waals surface area contributed by atoms with Crippen LogP contribution in [0.2, 0.25) is 0 Å². The molecule has 0 aliphatic heterocycles. The van der Waals surface area contributed by atoms with Gasteiger partial charge in [-0.2, -0.15) is 0 Å². The third-order valence-corrected chi connectivity index (χ3v) is 3.05. The molecule has 1 heterocycles. The molecule has 0 aliphatic carbocycles. The highest BCUT2D eigenvalue weighted by molar-refractivity contribution is 9.10. The Labute approximate surface area is 114 Å². The molecule has 1 aromatic carbocycles. The van der Waals surface area contributed by atoms with Crippen molar-refractivity contribution in [3.05, 3.63) is 46.6 Å². The number of methoxy groups -OCH3 is 1. The van der Waals surface area contributed by atoms with Gasteiger partial charge in [0.1, 0.15) is 5.82 Å². The Morgan fingerprint density at radius 3 is 2.89 bits per heavy atom. The Hall–Kier alpha value is -1.75. The van der Waals surface area contributed by atoms with Crippen molar-refractivity contribution in [3.63, 3.8) is 0 Å². The quantitative estimate of drug-likeness (QED) is 0.911. The van der Waals surface area contributed by atoms with Gasteiger partial charge < -0.3 is 15.2 Å². The van der Waals surface area contributed by atoms with E-state index in [4.69, 9.17) is 4.74 Å². The van der Waals surface area contributed by atoms with Crippen molar-refractivity contribution in [1.82, 2.24) is 4.98 Å².